The molecule has 0 aromatic carbocycles. The van der Waals surface area contributed by atoms with Crippen molar-refractivity contribution in [2.75, 3.05) is 13.1 Å². The highest BCUT2D eigenvalue weighted by molar-refractivity contribution is 5.95. The molecule has 2 amide bonds. The summed E-state index contributed by atoms with van der Waals surface area (Å²) < 4.78 is 0. The predicted octanol–water partition coefficient (Wildman–Crippen LogP) is 0.379. The van der Waals surface area contributed by atoms with Crippen LogP contribution < -0.4 is 5.32 Å². The van der Waals surface area contributed by atoms with Gasteiger partial charge in [0.1, 0.15) is 6.04 Å². The highest BCUT2D eigenvalue weighted by atomic mass is 16.2. The molecule has 1 atom stereocenters. The monoisotopic (exact) mass is 210 g/mol. The summed E-state index contributed by atoms with van der Waals surface area (Å²) in [5.41, 5.74) is 0. The summed E-state index contributed by atoms with van der Waals surface area (Å²) >= 11 is 0. The highest BCUT2D eigenvalue weighted by Crippen LogP contribution is 2.34. The summed E-state index contributed by atoms with van der Waals surface area (Å²) in [5, 5.41) is 2.80. The summed E-state index contributed by atoms with van der Waals surface area (Å²) in [6.07, 6.45) is 2.15. The minimum Gasteiger partial charge on any atom is -0.342 e. The zero-order valence-corrected chi connectivity index (χ0v) is 9.32. The fraction of sp³-hybridized carbons (Fsp3) is 0.818. The Bertz CT molecular complexity index is 284. The molecule has 2 fully saturated rings. The Hall–Kier alpha value is -1.06. The van der Waals surface area contributed by atoms with Crippen LogP contribution in [0.1, 0.15) is 26.7 Å². The molecule has 2 rings (SSSR count). The average molecular weight is 210 g/mol. The molecule has 0 spiro atoms. The van der Waals surface area contributed by atoms with Crippen LogP contribution in [0.4, 0.5) is 0 Å². The van der Waals surface area contributed by atoms with E-state index in [0.717, 1.165) is 12.8 Å². The fourth-order valence-corrected chi connectivity index (χ4v) is 2.07. The van der Waals surface area contributed by atoms with E-state index in [-0.39, 0.29) is 24.4 Å². The van der Waals surface area contributed by atoms with Crippen molar-refractivity contribution in [3.63, 3.8) is 0 Å². The normalized spacial score (nSPS) is 27.1. The van der Waals surface area contributed by atoms with Gasteiger partial charge in [-0.3, -0.25) is 9.59 Å². The molecule has 0 aromatic heterocycles. The van der Waals surface area contributed by atoms with E-state index >= 15 is 0 Å². The van der Waals surface area contributed by atoms with E-state index in [1.165, 1.54) is 0 Å². The van der Waals surface area contributed by atoms with Crippen molar-refractivity contribution in [1.82, 2.24) is 10.2 Å². The summed E-state index contributed by atoms with van der Waals surface area (Å²) in [7, 11) is 0. The Balaban J connectivity index is 2.03. The second-order valence-corrected chi connectivity index (χ2v) is 5.00. The minimum absolute atomic E-state index is 0.00727. The first-order chi connectivity index (χ1) is 7.08. The Morgan fingerprint density at radius 2 is 2.07 bits per heavy atom. The van der Waals surface area contributed by atoms with Gasteiger partial charge in [-0.25, -0.2) is 0 Å². The zero-order valence-electron chi connectivity index (χ0n) is 9.32. The van der Waals surface area contributed by atoms with Gasteiger partial charge in [0, 0.05) is 6.54 Å². The smallest absolute Gasteiger partial charge is 0.245 e. The predicted molar refractivity (Wildman–Crippen MR) is 56.1 cm³/mol. The molecule has 2 aliphatic rings. The Morgan fingerprint density at radius 1 is 1.40 bits per heavy atom. The Labute approximate surface area is 90.0 Å². The number of carbonyl (C=O) groups is 2. The van der Waals surface area contributed by atoms with Gasteiger partial charge in [0.15, 0.2) is 0 Å². The molecule has 1 N–H and O–H groups in total. The standard InChI is InChI=1S/C11H18N2O2/c1-7(2)5-13-6-9(14)12-10(11(13)15)8-3-4-8/h7-8,10H,3-6H2,1-2H3,(H,12,14). The van der Waals surface area contributed by atoms with Crippen LogP contribution in [0.3, 0.4) is 0 Å². The van der Waals surface area contributed by atoms with Crippen molar-refractivity contribution >= 4 is 11.8 Å². The zero-order chi connectivity index (χ0) is 11.0. The lowest BCUT2D eigenvalue weighted by Crippen LogP contribution is -2.59. The molecule has 1 saturated heterocycles. The molecule has 1 unspecified atom stereocenters. The van der Waals surface area contributed by atoms with Gasteiger partial charge < -0.3 is 10.2 Å². The second-order valence-electron chi connectivity index (χ2n) is 5.00. The molecule has 15 heavy (non-hydrogen) atoms. The van der Waals surface area contributed by atoms with Crippen LogP contribution in [0.2, 0.25) is 0 Å². The molecular formula is C11H18N2O2. The lowest BCUT2D eigenvalue weighted by atomic mass is 10.1. The van der Waals surface area contributed by atoms with E-state index < -0.39 is 0 Å². The van der Waals surface area contributed by atoms with Gasteiger partial charge in [-0.05, 0) is 24.7 Å². The van der Waals surface area contributed by atoms with Crippen LogP contribution in [-0.2, 0) is 9.59 Å². The molecule has 1 heterocycles. The largest absolute Gasteiger partial charge is 0.342 e. The van der Waals surface area contributed by atoms with E-state index in [0.29, 0.717) is 18.4 Å². The third-order valence-corrected chi connectivity index (χ3v) is 2.91. The van der Waals surface area contributed by atoms with Gasteiger partial charge in [-0.1, -0.05) is 13.8 Å². The lowest BCUT2D eigenvalue weighted by Gasteiger charge is -2.33. The number of hydrogen-bond acceptors (Lipinski definition) is 2. The van der Waals surface area contributed by atoms with Crippen LogP contribution in [0.5, 0.6) is 0 Å². The van der Waals surface area contributed by atoms with E-state index in [9.17, 15) is 9.59 Å². The molecule has 0 bridgehead atoms. The van der Waals surface area contributed by atoms with Gasteiger partial charge in [0.05, 0.1) is 6.54 Å². The van der Waals surface area contributed by atoms with Crippen molar-refractivity contribution in [2.45, 2.75) is 32.7 Å². The molecule has 1 aliphatic heterocycles. The number of hydrogen-bond donors (Lipinski definition) is 1. The molecule has 4 heteroatoms. The van der Waals surface area contributed by atoms with Crippen LogP contribution >= 0.6 is 0 Å². The van der Waals surface area contributed by atoms with E-state index in [2.05, 4.69) is 19.2 Å². The number of nitrogens with zero attached hydrogens (tertiary/aromatic N) is 1. The van der Waals surface area contributed by atoms with Crippen molar-refractivity contribution in [3.8, 4) is 0 Å². The van der Waals surface area contributed by atoms with E-state index in [1.807, 2.05) is 0 Å². The lowest BCUT2D eigenvalue weighted by molar-refractivity contribution is -0.145. The maximum absolute atomic E-state index is 12.0. The van der Waals surface area contributed by atoms with Crippen LogP contribution in [0.25, 0.3) is 0 Å². The summed E-state index contributed by atoms with van der Waals surface area (Å²) in [6, 6.07) is -0.231. The topological polar surface area (TPSA) is 49.4 Å². The molecule has 0 aromatic rings. The molecule has 1 saturated carbocycles. The number of rotatable bonds is 3. The van der Waals surface area contributed by atoms with Crippen molar-refractivity contribution < 1.29 is 9.59 Å². The first-order valence-corrected chi connectivity index (χ1v) is 5.66. The number of amides is 2. The van der Waals surface area contributed by atoms with Gasteiger partial charge in [-0.2, -0.15) is 0 Å². The fourth-order valence-electron chi connectivity index (χ4n) is 2.07. The second kappa shape index (κ2) is 3.83. The van der Waals surface area contributed by atoms with Crippen molar-refractivity contribution in [2.24, 2.45) is 11.8 Å². The van der Waals surface area contributed by atoms with Crippen LogP contribution in [0, 0.1) is 11.8 Å². The minimum atomic E-state index is -0.231. The third-order valence-electron chi connectivity index (χ3n) is 2.91. The van der Waals surface area contributed by atoms with E-state index in [1.54, 1.807) is 4.90 Å². The number of piperazine rings is 1. The first kappa shape index (κ1) is 10.5. The van der Waals surface area contributed by atoms with Crippen molar-refractivity contribution in [3.05, 3.63) is 0 Å². The number of nitrogens with one attached hydrogen (secondary N) is 1. The maximum atomic E-state index is 12.0. The molecule has 0 radical (unpaired) electrons. The summed E-state index contributed by atoms with van der Waals surface area (Å²) in [6.45, 7) is 5.05. The van der Waals surface area contributed by atoms with Crippen molar-refractivity contribution in [1.29, 1.82) is 0 Å². The molecule has 1 aliphatic carbocycles. The van der Waals surface area contributed by atoms with Gasteiger partial charge in [0.2, 0.25) is 11.8 Å². The van der Waals surface area contributed by atoms with Crippen LogP contribution in [0.15, 0.2) is 0 Å². The quantitative estimate of drug-likeness (QED) is 0.732. The summed E-state index contributed by atoms with van der Waals surface area (Å²) in [5.74, 6) is 0.925. The third kappa shape index (κ3) is 2.30. The van der Waals surface area contributed by atoms with Gasteiger partial charge >= 0.3 is 0 Å². The first-order valence-electron chi connectivity index (χ1n) is 5.66. The molecule has 84 valence electrons. The SMILES string of the molecule is CC(C)CN1CC(=O)NC(C2CC2)C1=O. The van der Waals surface area contributed by atoms with Gasteiger partial charge in [0.25, 0.3) is 0 Å². The summed E-state index contributed by atoms with van der Waals surface area (Å²) in [4.78, 5) is 25.1. The van der Waals surface area contributed by atoms with Crippen LogP contribution in [-0.4, -0.2) is 35.8 Å². The van der Waals surface area contributed by atoms with E-state index in [4.69, 9.17) is 0 Å². The number of carbonyl (C=O) groups excluding carboxylic acids is 2. The molecular weight excluding hydrogens is 192 g/mol. The Kier molecular flexibility index (Phi) is 2.67. The van der Waals surface area contributed by atoms with Gasteiger partial charge in [-0.15, -0.1) is 0 Å². The highest BCUT2D eigenvalue weighted by Gasteiger charge is 2.42. The Morgan fingerprint density at radius 3 is 2.60 bits per heavy atom. The average Bonchev–Trinajstić information content (AvgIpc) is 2.92. The maximum Gasteiger partial charge on any atom is 0.245 e. The molecule has 4 nitrogen and oxygen atoms in total.